The second-order valence-electron chi connectivity index (χ2n) is 6.93. The summed E-state index contributed by atoms with van der Waals surface area (Å²) in [6, 6.07) is 12.4. The number of hydrogen-bond donors (Lipinski definition) is 2. The second kappa shape index (κ2) is 7.96. The SMILES string of the molecule is COc1ccc(C2NC(=O)N=C3c4ccccc4N(C(=O)CO)CCC32)cc1Br. The number of nitrogens with one attached hydrogen (secondary N) is 1. The lowest BCUT2D eigenvalue weighted by molar-refractivity contribution is -0.121. The molecule has 2 unspecified atom stereocenters. The molecule has 0 saturated heterocycles. The first-order valence-electron chi connectivity index (χ1n) is 9.26. The molecule has 0 radical (unpaired) electrons. The molecule has 2 atom stereocenters. The quantitative estimate of drug-likeness (QED) is 0.740. The van der Waals surface area contributed by atoms with Gasteiger partial charge >= 0.3 is 6.03 Å². The minimum atomic E-state index is -0.572. The minimum absolute atomic E-state index is 0.120. The molecular weight excluding hydrogens is 438 g/mol. The van der Waals surface area contributed by atoms with Crippen molar-refractivity contribution in [2.75, 3.05) is 25.2 Å². The summed E-state index contributed by atoms with van der Waals surface area (Å²) in [5.74, 6) is 0.209. The van der Waals surface area contributed by atoms with Gasteiger partial charge in [0.25, 0.3) is 5.91 Å². The van der Waals surface area contributed by atoms with Gasteiger partial charge in [-0.2, -0.15) is 4.99 Å². The van der Waals surface area contributed by atoms with Gasteiger partial charge < -0.3 is 20.1 Å². The van der Waals surface area contributed by atoms with Crippen LogP contribution in [0.4, 0.5) is 10.5 Å². The molecule has 0 spiro atoms. The van der Waals surface area contributed by atoms with Crippen molar-refractivity contribution in [2.24, 2.45) is 10.9 Å². The van der Waals surface area contributed by atoms with E-state index in [1.54, 1.807) is 12.0 Å². The van der Waals surface area contributed by atoms with Gasteiger partial charge in [-0.05, 0) is 46.1 Å². The maximum absolute atomic E-state index is 12.4. The van der Waals surface area contributed by atoms with E-state index in [4.69, 9.17) is 4.74 Å². The van der Waals surface area contributed by atoms with E-state index < -0.39 is 12.6 Å². The molecule has 0 fully saturated rings. The van der Waals surface area contributed by atoms with Crippen molar-refractivity contribution < 1.29 is 19.4 Å². The number of halogens is 1. The summed E-state index contributed by atoms with van der Waals surface area (Å²) in [5, 5.41) is 12.4. The highest BCUT2D eigenvalue weighted by molar-refractivity contribution is 9.10. The van der Waals surface area contributed by atoms with E-state index in [9.17, 15) is 14.7 Å². The number of anilines is 1. The highest BCUT2D eigenvalue weighted by Gasteiger charge is 2.38. The van der Waals surface area contributed by atoms with Gasteiger partial charge in [-0.25, -0.2) is 4.79 Å². The third kappa shape index (κ3) is 3.54. The lowest BCUT2D eigenvalue weighted by Crippen LogP contribution is -2.41. The molecule has 0 saturated carbocycles. The molecule has 0 aliphatic carbocycles. The summed E-state index contributed by atoms with van der Waals surface area (Å²) in [6.07, 6.45) is 0.591. The molecule has 3 amide bonds. The van der Waals surface area contributed by atoms with Gasteiger partial charge in [0.2, 0.25) is 0 Å². The van der Waals surface area contributed by atoms with Crippen LogP contribution in [0.1, 0.15) is 23.6 Å². The summed E-state index contributed by atoms with van der Waals surface area (Å²) < 4.78 is 6.10. The summed E-state index contributed by atoms with van der Waals surface area (Å²) in [5.41, 5.74) is 2.98. The Balaban J connectivity index is 1.80. The van der Waals surface area contributed by atoms with Crippen LogP contribution in [0.5, 0.6) is 5.75 Å². The Hall–Kier alpha value is -2.71. The molecule has 0 aromatic heterocycles. The van der Waals surface area contributed by atoms with Crippen LogP contribution in [0.15, 0.2) is 51.9 Å². The van der Waals surface area contributed by atoms with Gasteiger partial charge in [-0.3, -0.25) is 4.79 Å². The average Bonchev–Trinajstić information content (AvgIpc) is 2.90. The number of benzene rings is 2. The molecule has 2 aliphatic rings. The van der Waals surface area contributed by atoms with Gasteiger partial charge in [-0.15, -0.1) is 0 Å². The zero-order valence-electron chi connectivity index (χ0n) is 15.8. The zero-order valence-corrected chi connectivity index (χ0v) is 17.3. The molecule has 2 heterocycles. The van der Waals surface area contributed by atoms with E-state index in [-0.39, 0.29) is 17.9 Å². The van der Waals surface area contributed by atoms with E-state index in [0.29, 0.717) is 30.1 Å². The first-order valence-corrected chi connectivity index (χ1v) is 10.1. The molecule has 7 nitrogen and oxygen atoms in total. The molecule has 4 rings (SSSR count). The standard InChI is InChI=1S/C21H20BrN3O4/c1-29-17-7-6-12(10-15(17)22)19-14-8-9-25(18(27)11-26)16-5-3-2-4-13(16)20(14)24-21(28)23-19/h2-7,10,14,19,26H,8-9,11H2,1H3,(H,23,28). The van der Waals surface area contributed by atoms with E-state index in [1.165, 1.54) is 0 Å². The highest BCUT2D eigenvalue weighted by Crippen LogP contribution is 2.39. The topological polar surface area (TPSA) is 91.2 Å². The van der Waals surface area contributed by atoms with Crippen molar-refractivity contribution in [2.45, 2.75) is 12.5 Å². The van der Waals surface area contributed by atoms with Gasteiger partial charge in [0.1, 0.15) is 12.4 Å². The predicted octanol–water partition coefficient (Wildman–Crippen LogP) is 3.06. The number of aliphatic hydroxyl groups is 1. The molecular formula is C21H20BrN3O4. The van der Waals surface area contributed by atoms with Crippen LogP contribution in [-0.2, 0) is 4.79 Å². The number of hydrogen-bond acceptors (Lipinski definition) is 4. The summed E-state index contributed by atoms with van der Waals surface area (Å²) in [4.78, 5) is 30.7. The van der Waals surface area contributed by atoms with E-state index in [1.807, 2.05) is 42.5 Å². The van der Waals surface area contributed by atoms with Gasteiger partial charge in [0, 0.05) is 18.0 Å². The van der Waals surface area contributed by atoms with Crippen molar-refractivity contribution in [3.63, 3.8) is 0 Å². The Morgan fingerprint density at radius 2 is 2.14 bits per heavy atom. The molecule has 29 heavy (non-hydrogen) atoms. The van der Waals surface area contributed by atoms with Gasteiger partial charge in [-0.1, -0.05) is 24.3 Å². The number of ether oxygens (including phenoxy) is 1. The maximum Gasteiger partial charge on any atom is 0.341 e. The Morgan fingerprint density at radius 1 is 1.34 bits per heavy atom. The third-order valence-electron chi connectivity index (χ3n) is 5.36. The van der Waals surface area contributed by atoms with Gasteiger partial charge in [0.15, 0.2) is 0 Å². The molecule has 2 N–H and O–H groups in total. The molecule has 2 aromatic carbocycles. The molecule has 2 aliphatic heterocycles. The van der Waals surface area contributed by atoms with Crippen LogP contribution in [-0.4, -0.2) is 43.0 Å². The third-order valence-corrected chi connectivity index (χ3v) is 5.98. The average molecular weight is 458 g/mol. The number of methoxy groups -OCH3 is 1. The lowest BCUT2D eigenvalue weighted by Gasteiger charge is -2.32. The number of aliphatic imine (C=N–C) groups is 1. The van der Waals surface area contributed by atoms with Crippen LogP contribution in [0.3, 0.4) is 0 Å². The molecule has 2 aromatic rings. The van der Waals surface area contributed by atoms with Gasteiger partial charge in [0.05, 0.1) is 29.0 Å². The number of carbonyl (C=O) groups excluding carboxylic acids is 2. The number of amides is 3. The maximum atomic E-state index is 12.4. The molecule has 0 bridgehead atoms. The van der Waals surface area contributed by atoms with Crippen molar-refractivity contribution in [1.29, 1.82) is 0 Å². The molecule has 150 valence electrons. The smallest absolute Gasteiger partial charge is 0.341 e. The predicted molar refractivity (Wildman–Crippen MR) is 112 cm³/mol. The Labute approximate surface area is 176 Å². The number of nitrogens with zero attached hydrogens (tertiary/aromatic N) is 2. The van der Waals surface area contributed by atoms with E-state index >= 15 is 0 Å². The highest BCUT2D eigenvalue weighted by atomic mass is 79.9. The normalized spacial score (nSPS) is 20.7. The summed E-state index contributed by atoms with van der Waals surface area (Å²) in [6.45, 7) is -0.151. The number of urea groups is 1. The van der Waals surface area contributed by atoms with E-state index in [0.717, 1.165) is 15.6 Å². The van der Waals surface area contributed by atoms with Crippen molar-refractivity contribution in [3.8, 4) is 5.75 Å². The zero-order chi connectivity index (χ0) is 20.5. The first-order chi connectivity index (χ1) is 14.0. The Bertz CT molecular complexity index is 1010. The number of rotatable bonds is 3. The summed E-state index contributed by atoms with van der Waals surface area (Å²) in [7, 11) is 1.60. The number of para-hydroxylation sites is 1. The van der Waals surface area contributed by atoms with Crippen molar-refractivity contribution in [3.05, 3.63) is 58.1 Å². The lowest BCUT2D eigenvalue weighted by atomic mass is 9.83. The number of carbonyl (C=O) groups is 2. The van der Waals surface area contributed by atoms with Crippen LogP contribution in [0.2, 0.25) is 0 Å². The van der Waals surface area contributed by atoms with Crippen LogP contribution in [0.25, 0.3) is 0 Å². The first kappa shape index (κ1) is 19.6. The largest absolute Gasteiger partial charge is 0.496 e. The fourth-order valence-electron chi connectivity index (χ4n) is 4.03. The van der Waals surface area contributed by atoms with Crippen LogP contribution < -0.4 is 15.0 Å². The van der Waals surface area contributed by atoms with Crippen molar-refractivity contribution in [1.82, 2.24) is 5.32 Å². The summed E-state index contributed by atoms with van der Waals surface area (Å²) >= 11 is 3.51. The Kier molecular flexibility index (Phi) is 5.38. The van der Waals surface area contributed by atoms with Crippen LogP contribution >= 0.6 is 15.9 Å². The van der Waals surface area contributed by atoms with E-state index in [2.05, 4.69) is 26.2 Å². The number of aliphatic hydroxyl groups excluding tert-OH is 1. The minimum Gasteiger partial charge on any atom is -0.496 e. The number of fused-ring (bicyclic) bond motifs is 3. The molecule has 8 heteroatoms. The van der Waals surface area contributed by atoms with Crippen molar-refractivity contribution >= 4 is 39.3 Å². The monoisotopic (exact) mass is 457 g/mol. The fraction of sp³-hybridized carbons (Fsp3) is 0.286. The fourth-order valence-corrected chi connectivity index (χ4v) is 4.59. The second-order valence-corrected chi connectivity index (χ2v) is 7.79. The van der Waals surface area contributed by atoms with Crippen LogP contribution in [0, 0.1) is 5.92 Å². The Morgan fingerprint density at radius 3 is 2.86 bits per heavy atom.